The highest BCUT2D eigenvalue weighted by Gasteiger charge is 2.52. The second-order valence-corrected chi connectivity index (χ2v) is 9.38. The van der Waals surface area contributed by atoms with Gasteiger partial charge in [-0.25, -0.2) is 5.43 Å². The number of aliphatic imine (C=N–C) groups is 1. The molecule has 4 rings (SSSR count). The van der Waals surface area contributed by atoms with Gasteiger partial charge < -0.3 is 4.90 Å². The number of carbonyl (C=O) groups excluding carboxylic acids is 1. The van der Waals surface area contributed by atoms with Crippen LogP contribution in [0.3, 0.4) is 0 Å². The number of amides is 1. The molecule has 3 heterocycles. The monoisotopic (exact) mass is 460 g/mol. The molecule has 0 aromatic carbocycles. The van der Waals surface area contributed by atoms with Gasteiger partial charge in [-0.2, -0.15) is 23.7 Å². The van der Waals surface area contributed by atoms with Gasteiger partial charge in [0, 0.05) is 42.3 Å². The predicted octanol–water partition coefficient (Wildman–Crippen LogP) is 2.28. The van der Waals surface area contributed by atoms with Gasteiger partial charge >= 0.3 is 6.18 Å². The number of hydrogen-bond acceptors (Lipinski definition) is 6. The maximum absolute atomic E-state index is 13.5. The molecule has 0 spiro atoms. The average Bonchev–Trinajstić information content (AvgIpc) is 3.14. The number of piperidine rings is 1. The topological polar surface area (TPSA) is 72.0 Å². The SMILES string of the molecule is CC1C=NC(N2NNC3C2CCN(C(=O)C2(C)CC=CC(C(F)(F)F)=C2Cl)[C@H]3C)NC1. The van der Waals surface area contributed by atoms with Crippen LogP contribution in [0.4, 0.5) is 13.2 Å². The normalized spacial score (nSPS) is 39.2. The van der Waals surface area contributed by atoms with Crippen LogP contribution in [0.15, 0.2) is 27.7 Å². The molecular weight excluding hydrogens is 433 g/mol. The molecule has 31 heavy (non-hydrogen) atoms. The van der Waals surface area contributed by atoms with Crippen LogP contribution in [0.1, 0.15) is 33.6 Å². The second-order valence-electron chi connectivity index (χ2n) is 9.01. The number of nitrogens with one attached hydrogen (secondary N) is 3. The number of halogens is 4. The molecule has 0 bridgehead atoms. The summed E-state index contributed by atoms with van der Waals surface area (Å²) in [6, 6.07) is -0.253. The highest BCUT2D eigenvalue weighted by Crippen LogP contribution is 2.46. The third-order valence-electron chi connectivity index (χ3n) is 6.75. The highest BCUT2D eigenvalue weighted by molar-refractivity contribution is 6.33. The highest BCUT2D eigenvalue weighted by atomic mass is 35.5. The van der Waals surface area contributed by atoms with E-state index >= 15 is 0 Å². The molecule has 1 aliphatic carbocycles. The smallest absolute Gasteiger partial charge is 0.337 e. The number of hydrazine groups is 2. The Morgan fingerprint density at radius 1 is 1.35 bits per heavy atom. The molecule has 2 saturated heterocycles. The van der Waals surface area contributed by atoms with E-state index in [2.05, 4.69) is 28.2 Å². The lowest BCUT2D eigenvalue weighted by Gasteiger charge is -2.46. The number of likely N-dealkylation sites (tertiary alicyclic amines) is 1. The van der Waals surface area contributed by atoms with Crippen molar-refractivity contribution in [1.29, 1.82) is 0 Å². The third-order valence-corrected chi connectivity index (χ3v) is 7.37. The number of carbonyl (C=O) groups is 1. The Balaban J connectivity index is 1.52. The zero-order valence-corrected chi connectivity index (χ0v) is 18.5. The molecule has 0 aromatic heterocycles. The number of hydrogen-bond donors (Lipinski definition) is 3. The van der Waals surface area contributed by atoms with Crippen molar-refractivity contribution in [2.24, 2.45) is 16.3 Å². The summed E-state index contributed by atoms with van der Waals surface area (Å²) >= 11 is 6.18. The Morgan fingerprint density at radius 3 is 2.74 bits per heavy atom. The lowest BCUT2D eigenvalue weighted by atomic mass is 9.78. The van der Waals surface area contributed by atoms with Gasteiger partial charge in [-0.1, -0.05) is 30.7 Å². The first-order valence-electron chi connectivity index (χ1n) is 10.6. The maximum atomic E-state index is 13.5. The molecule has 6 atom stereocenters. The fourth-order valence-corrected chi connectivity index (χ4v) is 5.17. The summed E-state index contributed by atoms with van der Waals surface area (Å²) in [5.74, 6) is -0.0110. The van der Waals surface area contributed by atoms with Crippen LogP contribution in [-0.2, 0) is 4.79 Å². The van der Waals surface area contributed by atoms with Crippen LogP contribution in [-0.4, -0.2) is 65.7 Å². The summed E-state index contributed by atoms with van der Waals surface area (Å²) in [5, 5.41) is 4.97. The Hall–Kier alpha value is -1.46. The van der Waals surface area contributed by atoms with Crippen molar-refractivity contribution in [3.8, 4) is 0 Å². The number of rotatable bonds is 2. The molecule has 0 radical (unpaired) electrons. The molecule has 2 fully saturated rings. The maximum Gasteiger partial charge on any atom is 0.417 e. The first kappa shape index (κ1) is 22.7. The van der Waals surface area contributed by atoms with Gasteiger partial charge in [0.2, 0.25) is 5.91 Å². The van der Waals surface area contributed by atoms with E-state index in [9.17, 15) is 18.0 Å². The predicted molar refractivity (Wildman–Crippen MR) is 112 cm³/mol. The Morgan fingerprint density at radius 2 is 2.10 bits per heavy atom. The van der Waals surface area contributed by atoms with Crippen LogP contribution in [0.5, 0.6) is 0 Å². The minimum absolute atomic E-state index is 0.0814. The fourth-order valence-electron chi connectivity index (χ4n) is 4.84. The van der Waals surface area contributed by atoms with Crippen molar-refractivity contribution >= 4 is 23.7 Å². The van der Waals surface area contributed by atoms with E-state index in [4.69, 9.17) is 11.6 Å². The quantitative estimate of drug-likeness (QED) is 0.590. The van der Waals surface area contributed by atoms with Gasteiger partial charge in [0.25, 0.3) is 0 Å². The van der Waals surface area contributed by atoms with E-state index in [0.717, 1.165) is 12.6 Å². The van der Waals surface area contributed by atoms with Crippen molar-refractivity contribution < 1.29 is 18.0 Å². The molecule has 0 aromatic rings. The van der Waals surface area contributed by atoms with Crippen molar-refractivity contribution in [3.63, 3.8) is 0 Å². The van der Waals surface area contributed by atoms with Crippen LogP contribution in [0.2, 0.25) is 0 Å². The lowest BCUT2D eigenvalue weighted by Crippen LogP contribution is -2.62. The largest absolute Gasteiger partial charge is 0.417 e. The van der Waals surface area contributed by atoms with Crippen molar-refractivity contribution in [3.05, 3.63) is 22.8 Å². The number of allylic oxidation sites excluding steroid dienone is 3. The van der Waals surface area contributed by atoms with Gasteiger partial charge in [0.15, 0.2) is 6.29 Å². The number of fused-ring (bicyclic) bond motifs is 1. The van der Waals surface area contributed by atoms with E-state index in [-0.39, 0.29) is 36.7 Å². The van der Waals surface area contributed by atoms with Crippen LogP contribution in [0, 0.1) is 11.3 Å². The summed E-state index contributed by atoms with van der Waals surface area (Å²) in [6.45, 7) is 6.75. The summed E-state index contributed by atoms with van der Waals surface area (Å²) < 4.78 is 40.1. The Bertz CT molecular complexity index is 830. The standard InChI is InChI=1S/C20H28ClF3N6O/c1-11-9-25-18(26-10-11)30-14-6-8-29(12(2)15(14)27-28-30)17(31)19(3)7-4-5-13(16(19)21)20(22,23)24/h4-5,9,11-12,14-15,18,26-28H,6-8,10H2,1-3H3/t11?,12-,14?,15?,18?,19?/m0/s1. The van der Waals surface area contributed by atoms with Gasteiger partial charge in [-0.3, -0.25) is 15.1 Å². The van der Waals surface area contributed by atoms with E-state index < -0.39 is 22.2 Å². The van der Waals surface area contributed by atoms with Gasteiger partial charge in [-0.15, -0.1) is 0 Å². The summed E-state index contributed by atoms with van der Waals surface area (Å²) in [6.07, 6.45) is 0.266. The van der Waals surface area contributed by atoms with E-state index in [0.29, 0.717) is 18.9 Å². The molecule has 3 N–H and O–H groups in total. The average molecular weight is 461 g/mol. The minimum Gasteiger partial charge on any atom is -0.337 e. The molecule has 7 nitrogen and oxygen atoms in total. The molecule has 172 valence electrons. The van der Waals surface area contributed by atoms with Crippen LogP contribution >= 0.6 is 11.6 Å². The first-order chi connectivity index (χ1) is 14.5. The molecule has 0 saturated carbocycles. The van der Waals surface area contributed by atoms with E-state index in [1.807, 2.05) is 18.1 Å². The van der Waals surface area contributed by atoms with E-state index in [1.165, 1.54) is 13.0 Å². The summed E-state index contributed by atoms with van der Waals surface area (Å²) in [7, 11) is 0. The molecule has 11 heteroatoms. The molecule has 4 aliphatic rings. The summed E-state index contributed by atoms with van der Waals surface area (Å²) in [4.78, 5) is 19.7. The Labute approximate surface area is 184 Å². The van der Waals surface area contributed by atoms with Crippen molar-refractivity contribution in [1.82, 2.24) is 26.2 Å². The molecule has 1 amide bonds. The first-order valence-corrected chi connectivity index (χ1v) is 10.9. The summed E-state index contributed by atoms with van der Waals surface area (Å²) in [5.41, 5.74) is 4.04. The van der Waals surface area contributed by atoms with Crippen LogP contribution in [0.25, 0.3) is 0 Å². The lowest BCUT2D eigenvalue weighted by molar-refractivity contribution is -0.144. The van der Waals surface area contributed by atoms with Gasteiger partial charge in [-0.05, 0) is 26.7 Å². The number of nitrogens with zero attached hydrogens (tertiary/aromatic N) is 3. The van der Waals surface area contributed by atoms with Crippen LogP contribution < -0.4 is 16.3 Å². The molecular formula is C20H28ClF3N6O. The number of alkyl halides is 3. The van der Waals surface area contributed by atoms with Crippen molar-refractivity contribution in [2.75, 3.05) is 13.1 Å². The fraction of sp³-hybridized carbons (Fsp3) is 0.700. The molecule has 5 unspecified atom stereocenters. The minimum atomic E-state index is -4.60. The van der Waals surface area contributed by atoms with Gasteiger partial charge in [0.05, 0.1) is 17.0 Å². The van der Waals surface area contributed by atoms with Gasteiger partial charge in [0.1, 0.15) is 0 Å². The zero-order valence-electron chi connectivity index (χ0n) is 17.7. The van der Waals surface area contributed by atoms with Crippen molar-refractivity contribution in [2.45, 2.75) is 64.2 Å². The zero-order chi connectivity index (χ0) is 22.6. The Kier molecular flexibility index (Phi) is 5.97. The second kappa shape index (κ2) is 8.15. The third kappa shape index (κ3) is 3.93. The van der Waals surface area contributed by atoms with E-state index in [1.54, 1.807) is 4.90 Å². The molecule has 3 aliphatic heterocycles.